The molecule has 0 amide bonds. The molecule has 0 fully saturated rings. The van der Waals surface area contributed by atoms with E-state index >= 15 is 0 Å². The van der Waals surface area contributed by atoms with Crippen molar-refractivity contribution in [1.29, 1.82) is 0 Å². The van der Waals surface area contributed by atoms with Gasteiger partial charge in [-0.15, -0.1) is 0 Å². The third kappa shape index (κ3) is 2.08. The van der Waals surface area contributed by atoms with Crippen LogP contribution in [0.3, 0.4) is 0 Å². The van der Waals surface area contributed by atoms with Crippen LogP contribution in [0.2, 0.25) is 0 Å². The van der Waals surface area contributed by atoms with Crippen LogP contribution in [0.15, 0.2) is 12.1 Å². The van der Waals surface area contributed by atoms with Gasteiger partial charge in [0.2, 0.25) is 0 Å². The van der Waals surface area contributed by atoms with Crippen molar-refractivity contribution in [3.8, 4) is 0 Å². The Hall–Kier alpha value is -0.260. The summed E-state index contributed by atoms with van der Waals surface area (Å²) < 4.78 is 24.7. The quantitative estimate of drug-likeness (QED) is 0.564. The van der Waals surface area contributed by atoms with Crippen molar-refractivity contribution >= 4 is 22.6 Å². The smallest absolute Gasteiger partial charge is 0.241 e. The van der Waals surface area contributed by atoms with E-state index in [0.717, 1.165) is 5.56 Å². The Labute approximate surface area is 77.0 Å². The van der Waals surface area contributed by atoms with E-state index in [0.29, 0.717) is 3.70 Å². The maximum atomic E-state index is 12.0. The summed E-state index contributed by atoms with van der Waals surface area (Å²) in [5, 5.41) is 0. The Morgan fingerprint density at radius 3 is 2.55 bits per heavy atom. The standard InChI is InChI=1S/C7H6F2IN/c1-4-2-3-5(6(8)9)11-7(4)10/h2-3,6H,1H3. The first-order valence-electron chi connectivity index (χ1n) is 3.02. The second kappa shape index (κ2) is 3.42. The minimum Gasteiger partial charge on any atom is -0.241 e. The molecule has 0 saturated heterocycles. The largest absolute Gasteiger partial charge is 0.280 e. The molecule has 0 aromatic carbocycles. The summed E-state index contributed by atoms with van der Waals surface area (Å²) in [6, 6.07) is 3.00. The molecule has 0 N–H and O–H groups in total. The topological polar surface area (TPSA) is 12.9 Å². The zero-order valence-corrected chi connectivity index (χ0v) is 7.97. The average molecular weight is 269 g/mol. The molecular formula is C7H6F2IN. The zero-order valence-electron chi connectivity index (χ0n) is 5.81. The third-order valence-electron chi connectivity index (χ3n) is 1.28. The van der Waals surface area contributed by atoms with Gasteiger partial charge in [0.05, 0.1) is 0 Å². The van der Waals surface area contributed by atoms with E-state index < -0.39 is 6.43 Å². The van der Waals surface area contributed by atoms with Crippen molar-refractivity contribution in [2.45, 2.75) is 13.3 Å². The fourth-order valence-electron chi connectivity index (χ4n) is 0.639. The van der Waals surface area contributed by atoms with Crippen LogP contribution in [0.25, 0.3) is 0 Å². The lowest BCUT2D eigenvalue weighted by molar-refractivity contribution is 0.146. The van der Waals surface area contributed by atoms with Crippen LogP contribution in [-0.4, -0.2) is 4.98 Å². The first kappa shape index (κ1) is 8.83. The number of halogens is 3. The Kier molecular flexibility index (Phi) is 2.75. The van der Waals surface area contributed by atoms with Crippen LogP contribution in [0.4, 0.5) is 8.78 Å². The molecule has 0 bridgehead atoms. The first-order chi connectivity index (χ1) is 5.11. The predicted molar refractivity (Wildman–Crippen MR) is 46.6 cm³/mol. The van der Waals surface area contributed by atoms with Crippen molar-refractivity contribution in [2.75, 3.05) is 0 Å². The van der Waals surface area contributed by atoms with Crippen LogP contribution in [0.1, 0.15) is 17.7 Å². The number of aromatic nitrogens is 1. The van der Waals surface area contributed by atoms with E-state index in [1.54, 1.807) is 6.07 Å². The predicted octanol–water partition coefficient (Wildman–Crippen LogP) is 2.93. The van der Waals surface area contributed by atoms with E-state index in [9.17, 15) is 8.78 Å². The average Bonchev–Trinajstić information content (AvgIpc) is 1.94. The van der Waals surface area contributed by atoms with Gasteiger partial charge in [-0.1, -0.05) is 6.07 Å². The maximum absolute atomic E-state index is 12.0. The highest BCUT2D eigenvalue weighted by atomic mass is 127. The monoisotopic (exact) mass is 269 g/mol. The molecule has 1 heterocycles. The lowest BCUT2D eigenvalue weighted by Gasteiger charge is -2.00. The van der Waals surface area contributed by atoms with Gasteiger partial charge in [-0.3, -0.25) is 0 Å². The molecule has 1 aromatic rings. The fraction of sp³-hybridized carbons (Fsp3) is 0.286. The lowest BCUT2D eigenvalue weighted by Crippen LogP contribution is -1.93. The second-order valence-electron chi connectivity index (χ2n) is 2.14. The van der Waals surface area contributed by atoms with Gasteiger partial charge in [0, 0.05) is 0 Å². The Bertz CT molecular complexity index is 263. The molecule has 0 aliphatic carbocycles. The highest BCUT2D eigenvalue weighted by molar-refractivity contribution is 14.1. The van der Waals surface area contributed by atoms with Gasteiger partial charge >= 0.3 is 0 Å². The van der Waals surface area contributed by atoms with Crippen molar-refractivity contribution in [3.05, 3.63) is 27.1 Å². The molecule has 0 aliphatic heterocycles. The van der Waals surface area contributed by atoms with Gasteiger partial charge < -0.3 is 0 Å². The van der Waals surface area contributed by atoms with Crippen molar-refractivity contribution < 1.29 is 8.78 Å². The van der Waals surface area contributed by atoms with Crippen molar-refractivity contribution in [2.24, 2.45) is 0 Å². The molecule has 1 rings (SSSR count). The Morgan fingerprint density at radius 2 is 2.09 bits per heavy atom. The highest BCUT2D eigenvalue weighted by Crippen LogP contribution is 2.18. The fourth-order valence-corrected chi connectivity index (χ4v) is 1.10. The number of alkyl halides is 2. The molecule has 1 aromatic heterocycles. The second-order valence-corrected chi connectivity index (χ2v) is 3.17. The van der Waals surface area contributed by atoms with Crippen LogP contribution in [0.5, 0.6) is 0 Å². The summed E-state index contributed by atoms with van der Waals surface area (Å²) in [7, 11) is 0. The summed E-state index contributed by atoms with van der Waals surface area (Å²) >= 11 is 1.94. The van der Waals surface area contributed by atoms with E-state index in [1.165, 1.54) is 6.07 Å². The molecule has 0 aliphatic rings. The first-order valence-corrected chi connectivity index (χ1v) is 4.10. The summed E-state index contributed by atoms with van der Waals surface area (Å²) in [6.45, 7) is 1.84. The number of aryl methyl sites for hydroxylation is 1. The summed E-state index contributed by atoms with van der Waals surface area (Å²) in [6.07, 6.45) is -2.47. The molecule has 0 spiro atoms. The minimum absolute atomic E-state index is 0.153. The van der Waals surface area contributed by atoms with E-state index in [4.69, 9.17) is 0 Å². The van der Waals surface area contributed by atoms with Crippen molar-refractivity contribution in [1.82, 2.24) is 4.98 Å². The molecule has 0 unspecified atom stereocenters. The summed E-state index contributed by atoms with van der Waals surface area (Å²) in [5.74, 6) is 0. The lowest BCUT2D eigenvalue weighted by atomic mass is 10.3. The number of rotatable bonds is 1. The third-order valence-corrected chi connectivity index (χ3v) is 2.37. The van der Waals surface area contributed by atoms with Gasteiger partial charge in [0.1, 0.15) is 9.39 Å². The van der Waals surface area contributed by atoms with Crippen LogP contribution < -0.4 is 0 Å². The SMILES string of the molecule is Cc1ccc(C(F)F)nc1I. The van der Waals surface area contributed by atoms with Gasteiger partial charge in [-0.25, -0.2) is 13.8 Å². The molecule has 0 saturated carbocycles. The molecule has 0 radical (unpaired) electrons. The maximum Gasteiger partial charge on any atom is 0.280 e. The van der Waals surface area contributed by atoms with E-state index in [-0.39, 0.29) is 5.69 Å². The van der Waals surface area contributed by atoms with Crippen LogP contribution in [-0.2, 0) is 0 Å². The molecular weight excluding hydrogens is 263 g/mol. The van der Waals surface area contributed by atoms with Gasteiger partial charge in [0.25, 0.3) is 6.43 Å². The number of hydrogen-bond acceptors (Lipinski definition) is 1. The van der Waals surface area contributed by atoms with Gasteiger partial charge in [0.15, 0.2) is 0 Å². The number of hydrogen-bond donors (Lipinski definition) is 0. The van der Waals surface area contributed by atoms with Crippen molar-refractivity contribution in [3.63, 3.8) is 0 Å². The summed E-state index contributed by atoms with van der Waals surface area (Å²) in [4.78, 5) is 3.71. The van der Waals surface area contributed by atoms with Gasteiger partial charge in [-0.05, 0) is 41.1 Å². The molecule has 4 heteroatoms. The highest BCUT2D eigenvalue weighted by Gasteiger charge is 2.08. The Balaban J connectivity index is 3.05. The van der Waals surface area contributed by atoms with Gasteiger partial charge in [-0.2, -0.15) is 0 Å². The van der Waals surface area contributed by atoms with E-state index in [1.807, 2.05) is 29.5 Å². The normalized spacial score (nSPS) is 10.6. The number of nitrogens with zero attached hydrogens (tertiary/aromatic N) is 1. The number of pyridine rings is 1. The molecule has 1 nitrogen and oxygen atoms in total. The zero-order chi connectivity index (χ0) is 8.43. The molecule has 11 heavy (non-hydrogen) atoms. The van der Waals surface area contributed by atoms with Crippen LogP contribution in [0, 0.1) is 10.6 Å². The molecule has 0 atom stereocenters. The van der Waals surface area contributed by atoms with E-state index in [2.05, 4.69) is 4.98 Å². The minimum atomic E-state index is -2.47. The summed E-state index contributed by atoms with van der Waals surface area (Å²) in [5.41, 5.74) is 0.773. The Morgan fingerprint density at radius 1 is 1.45 bits per heavy atom. The molecule has 60 valence electrons. The van der Waals surface area contributed by atoms with Crippen LogP contribution >= 0.6 is 22.6 Å².